The van der Waals surface area contributed by atoms with Gasteiger partial charge in [0.25, 0.3) is 0 Å². The van der Waals surface area contributed by atoms with Gasteiger partial charge in [-0.2, -0.15) is 0 Å². The number of allylic oxidation sites excluding steroid dienone is 4. The minimum atomic E-state index is 0.702. The lowest BCUT2D eigenvalue weighted by Gasteiger charge is -2.06. The van der Waals surface area contributed by atoms with Crippen molar-refractivity contribution < 1.29 is 0 Å². The van der Waals surface area contributed by atoms with Crippen LogP contribution in [0.5, 0.6) is 0 Å². The maximum Gasteiger partial charge on any atom is -0.0184 e. The van der Waals surface area contributed by atoms with Gasteiger partial charge in [0.2, 0.25) is 0 Å². The molecule has 0 aliphatic carbocycles. The molecule has 1 aromatic rings. The van der Waals surface area contributed by atoms with E-state index < -0.39 is 0 Å². The summed E-state index contributed by atoms with van der Waals surface area (Å²) in [5.41, 5.74) is 3.70. The Labute approximate surface area is 147 Å². The molecule has 0 heteroatoms. The lowest BCUT2D eigenvalue weighted by atomic mass is 9.99. The summed E-state index contributed by atoms with van der Waals surface area (Å²) in [7, 11) is 0. The summed E-state index contributed by atoms with van der Waals surface area (Å²) in [6, 6.07) is 8.68. The average Bonchev–Trinajstić information content (AvgIpc) is 2.57. The zero-order valence-corrected chi connectivity index (χ0v) is 16.9. The third kappa shape index (κ3) is 15.1. The Morgan fingerprint density at radius 2 is 1.39 bits per heavy atom. The molecule has 0 radical (unpaired) electrons. The summed E-state index contributed by atoms with van der Waals surface area (Å²) in [6.07, 6.45) is 8.01. The predicted octanol–water partition coefficient (Wildman–Crippen LogP) is 8.11. The molecule has 1 aromatic carbocycles. The molecule has 0 spiro atoms. The van der Waals surface area contributed by atoms with Crippen LogP contribution in [0.15, 0.2) is 55.7 Å². The third-order valence-electron chi connectivity index (χ3n) is 2.45. The van der Waals surface area contributed by atoms with Crippen LogP contribution < -0.4 is 0 Å². The molecule has 0 saturated carbocycles. The summed E-state index contributed by atoms with van der Waals surface area (Å²) in [4.78, 5) is 0. The lowest BCUT2D eigenvalue weighted by Crippen LogP contribution is -1.93. The highest BCUT2D eigenvalue weighted by molar-refractivity contribution is 5.74. The second-order valence-corrected chi connectivity index (χ2v) is 5.06. The van der Waals surface area contributed by atoms with Crippen LogP contribution in [0.1, 0.15) is 72.9 Å². The van der Waals surface area contributed by atoms with Crippen LogP contribution in [-0.2, 0) is 6.42 Å². The Balaban J connectivity index is -0.000000496. The normalized spacial score (nSPS) is 9.35. The monoisotopic (exact) mass is 316 g/mol. The van der Waals surface area contributed by atoms with Crippen LogP contribution in [0.3, 0.4) is 0 Å². The van der Waals surface area contributed by atoms with E-state index in [-0.39, 0.29) is 0 Å². The zero-order chi connectivity index (χ0) is 18.7. The Bertz CT molecular complexity index is 391. The van der Waals surface area contributed by atoms with E-state index in [0.29, 0.717) is 5.92 Å². The summed E-state index contributed by atoms with van der Waals surface area (Å²) >= 11 is 0. The van der Waals surface area contributed by atoms with Crippen LogP contribution in [-0.4, -0.2) is 0 Å². The van der Waals surface area contributed by atoms with Gasteiger partial charge in [-0.15, -0.1) is 0 Å². The Morgan fingerprint density at radius 1 is 0.957 bits per heavy atom. The first-order chi connectivity index (χ1) is 11.1. The predicted molar refractivity (Wildman–Crippen MR) is 112 cm³/mol. The summed E-state index contributed by atoms with van der Waals surface area (Å²) in [5, 5.41) is 0. The second-order valence-electron chi connectivity index (χ2n) is 5.06. The fraction of sp³-hybridized carbons (Fsp3) is 0.478. The van der Waals surface area contributed by atoms with E-state index in [1.807, 2.05) is 39.8 Å². The molecule has 0 heterocycles. The number of benzene rings is 1. The first kappa shape index (κ1) is 26.3. The van der Waals surface area contributed by atoms with Crippen molar-refractivity contribution in [1.82, 2.24) is 0 Å². The molecule has 0 unspecified atom stereocenters. The molecule has 0 aliphatic rings. The Morgan fingerprint density at radius 3 is 1.70 bits per heavy atom. The van der Waals surface area contributed by atoms with E-state index >= 15 is 0 Å². The van der Waals surface area contributed by atoms with Gasteiger partial charge in [0.05, 0.1) is 0 Å². The highest BCUT2D eigenvalue weighted by Crippen LogP contribution is 2.17. The van der Waals surface area contributed by atoms with Gasteiger partial charge in [-0.3, -0.25) is 0 Å². The second kappa shape index (κ2) is 20.4. The van der Waals surface area contributed by atoms with Crippen molar-refractivity contribution in [2.45, 2.75) is 68.2 Å². The van der Waals surface area contributed by atoms with Crippen molar-refractivity contribution in [1.29, 1.82) is 0 Å². The first-order valence-corrected chi connectivity index (χ1v) is 9.13. The number of hydrogen-bond donors (Lipinski definition) is 0. The highest BCUT2D eigenvalue weighted by atomic mass is 14.0. The molecular weight excluding hydrogens is 276 g/mol. The topological polar surface area (TPSA) is 0 Å². The van der Waals surface area contributed by atoms with Gasteiger partial charge in [0.1, 0.15) is 0 Å². The van der Waals surface area contributed by atoms with Crippen molar-refractivity contribution >= 4 is 5.57 Å². The van der Waals surface area contributed by atoms with Gasteiger partial charge >= 0.3 is 0 Å². The lowest BCUT2D eigenvalue weighted by molar-refractivity contribution is 0.647. The smallest absolute Gasteiger partial charge is 0.0184 e. The Hall–Kier alpha value is -1.56. The molecule has 0 amide bonds. The number of rotatable bonds is 5. The molecule has 0 atom stereocenters. The van der Waals surface area contributed by atoms with E-state index in [0.717, 1.165) is 12.0 Å². The largest absolute Gasteiger partial charge is 0.0990 e. The van der Waals surface area contributed by atoms with Crippen LogP contribution in [0, 0.1) is 5.92 Å². The highest BCUT2D eigenvalue weighted by Gasteiger charge is 1.99. The molecule has 0 saturated heterocycles. The van der Waals surface area contributed by atoms with Crippen LogP contribution in [0.2, 0.25) is 0 Å². The standard InChI is InChI=1S/C16H20.C3H8.2C2H6/c1-5-7-15(6-2)16-10-8-14(9-11-16)12-13(3)4;1-3-2;2*1-2/h5-11,13H,1-2,12H2,3-4H3;3H2,1-2H3;2*1-2H3/b15-7+;;;. The van der Waals surface area contributed by atoms with E-state index in [9.17, 15) is 0 Å². The van der Waals surface area contributed by atoms with Crippen LogP contribution in [0.4, 0.5) is 0 Å². The van der Waals surface area contributed by atoms with E-state index in [1.54, 1.807) is 6.08 Å². The minimum absolute atomic E-state index is 0.702. The SMILES string of the molecule is C=C/C=C(\C=C)c1ccc(CC(C)C)cc1.CC.CC.CCC. The van der Waals surface area contributed by atoms with E-state index in [4.69, 9.17) is 0 Å². The molecule has 23 heavy (non-hydrogen) atoms. The van der Waals surface area contributed by atoms with Gasteiger partial charge in [0, 0.05) is 0 Å². The van der Waals surface area contributed by atoms with Crippen molar-refractivity contribution in [2.24, 2.45) is 5.92 Å². The Kier molecular flexibility index (Phi) is 23.4. The fourth-order valence-electron chi connectivity index (χ4n) is 1.71. The molecule has 0 nitrogen and oxygen atoms in total. The molecule has 0 fully saturated rings. The maximum absolute atomic E-state index is 3.81. The summed E-state index contributed by atoms with van der Waals surface area (Å²) < 4.78 is 0. The molecule has 132 valence electrons. The van der Waals surface area contributed by atoms with Crippen molar-refractivity contribution in [2.75, 3.05) is 0 Å². The fourth-order valence-corrected chi connectivity index (χ4v) is 1.71. The first-order valence-electron chi connectivity index (χ1n) is 9.13. The zero-order valence-electron chi connectivity index (χ0n) is 16.9. The molecule has 1 rings (SSSR count). The van der Waals surface area contributed by atoms with Gasteiger partial charge in [0.15, 0.2) is 0 Å². The third-order valence-corrected chi connectivity index (χ3v) is 2.45. The van der Waals surface area contributed by atoms with Gasteiger partial charge in [-0.1, -0.05) is 117 Å². The van der Waals surface area contributed by atoms with Gasteiger partial charge in [-0.25, -0.2) is 0 Å². The maximum atomic E-state index is 3.81. The van der Waals surface area contributed by atoms with Crippen molar-refractivity contribution in [3.63, 3.8) is 0 Å². The van der Waals surface area contributed by atoms with Crippen LogP contribution >= 0.6 is 0 Å². The quantitative estimate of drug-likeness (QED) is 0.481. The average molecular weight is 317 g/mol. The minimum Gasteiger partial charge on any atom is -0.0990 e. The van der Waals surface area contributed by atoms with Crippen molar-refractivity contribution in [3.05, 3.63) is 66.8 Å². The molecule has 0 aromatic heterocycles. The van der Waals surface area contributed by atoms with Crippen LogP contribution in [0.25, 0.3) is 5.57 Å². The number of hydrogen-bond acceptors (Lipinski definition) is 0. The molecule has 0 N–H and O–H groups in total. The molecular formula is C23H40. The van der Waals surface area contributed by atoms with E-state index in [2.05, 4.69) is 65.1 Å². The molecule has 0 aliphatic heterocycles. The summed E-state index contributed by atoms with van der Waals surface area (Å²) in [6.45, 7) is 24.2. The van der Waals surface area contributed by atoms with Gasteiger partial charge < -0.3 is 0 Å². The van der Waals surface area contributed by atoms with Crippen molar-refractivity contribution in [3.8, 4) is 0 Å². The molecule has 0 bridgehead atoms. The summed E-state index contributed by atoms with van der Waals surface area (Å²) in [5.74, 6) is 0.702. The van der Waals surface area contributed by atoms with E-state index in [1.165, 1.54) is 17.5 Å². The van der Waals surface area contributed by atoms with Gasteiger partial charge in [-0.05, 0) is 29.0 Å².